The lowest BCUT2D eigenvalue weighted by Crippen LogP contribution is -2.41. The van der Waals surface area contributed by atoms with Crippen LogP contribution in [-0.4, -0.2) is 32.9 Å². The monoisotopic (exact) mass is 406 g/mol. The highest BCUT2D eigenvalue weighted by atomic mass is 32.2. The van der Waals surface area contributed by atoms with Crippen LogP contribution in [0, 0.1) is 5.92 Å². The molecular formula is C19H22N2O4S2. The van der Waals surface area contributed by atoms with Gasteiger partial charge in [-0.1, -0.05) is 18.6 Å². The van der Waals surface area contributed by atoms with Crippen LogP contribution in [-0.2, 0) is 27.8 Å². The third-order valence-electron chi connectivity index (χ3n) is 5.23. The Bertz CT molecular complexity index is 964. The third-order valence-corrected chi connectivity index (χ3v) is 8.30. The van der Waals surface area contributed by atoms with E-state index in [1.54, 1.807) is 30.3 Å². The minimum atomic E-state index is -3.70. The molecule has 0 bridgehead atoms. The van der Waals surface area contributed by atoms with Crippen LogP contribution in [0.15, 0.2) is 34.5 Å². The highest BCUT2D eigenvalue weighted by molar-refractivity contribution is 7.94. The molecule has 2 heterocycles. The molecule has 2 aliphatic rings. The standard InChI is InChI=1S/C19H22N2O4S2/c1-25-16-8-3-2-7-15(16)20-27(23,24)18-11-14-12-21(10-9-17(14)26-18)19(22)13-5-4-6-13/h2-3,7-8,11,13,20H,4-6,9-10,12H2,1H3. The van der Waals surface area contributed by atoms with Crippen LogP contribution in [0.2, 0.25) is 0 Å². The first-order chi connectivity index (χ1) is 13.0. The van der Waals surface area contributed by atoms with Crippen LogP contribution in [0.5, 0.6) is 5.75 Å². The zero-order chi connectivity index (χ0) is 19.0. The van der Waals surface area contributed by atoms with Gasteiger partial charge in [0.05, 0.1) is 12.8 Å². The number of benzene rings is 1. The second-order valence-electron chi connectivity index (χ2n) is 6.96. The van der Waals surface area contributed by atoms with E-state index in [1.165, 1.54) is 18.4 Å². The molecule has 1 saturated carbocycles. The van der Waals surface area contributed by atoms with Crippen LogP contribution in [0.3, 0.4) is 0 Å². The summed E-state index contributed by atoms with van der Waals surface area (Å²) < 4.78 is 33.8. The number of ether oxygens (including phenoxy) is 1. The van der Waals surface area contributed by atoms with Gasteiger partial charge in [-0.25, -0.2) is 8.42 Å². The number of anilines is 1. The van der Waals surface area contributed by atoms with E-state index in [1.807, 2.05) is 4.90 Å². The summed E-state index contributed by atoms with van der Waals surface area (Å²) in [4.78, 5) is 15.4. The number of methoxy groups -OCH3 is 1. The van der Waals surface area contributed by atoms with Gasteiger partial charge in [-0.05, 0) is 43.0 Å². The lowest BCUT2D eigenvalue weighted by molar-refractivity contribution is -0.139. The van der Waals surface area contributed by atoms with Gasteiger partial charge in [-0.15, -0.1) is 11.3 Å². The van der Waals surface area contributed by atoms with Crippen molar-refractivity contribution in [2.45, 2.75) is 36.4 Å². The van der Waals surface area contributed by atoms with Crippen LogP contribution < -0.4 is 9.46 Å². The summed E-state index contributed by atoms with van der Waals surface area (Å²) in [5, 5.41) is 0. The van der Waals surface area contributed by atoms with Gasteiger partial charge in [0.15, 0.2) is 0 Å². The molecular weight excluding hydrogens is 384 g/mol. The molecule has 1 aromatic heterocycles. The summed E-state index contributed by atoms with van der Waals surface area (Å²) in [5.74, 6) is 0.856. The van der Waals surface area contributed by atoms with Crippen molar-refractivity contribution in [2.75, 3.05) is 18.4 Å². The second-order valence-corrected chi connectivity index (χ2v) is 10.0. The number of carbonyl (C=O) groups excluding carboxylic acids is 1. The summed E-state index contributed by atoms with van der Waals surface area (Å²) in [5.41, 5.74) is 1.35. The minimum absolute atomic E-state index is 0.167. The van der Waals surface area contributed by atoms with Gasteiger partial charge >= 0.3 is 0 Å². The van der Waals surface area contributed by atoms with E-state index in [2.05, 4.69) is 4.72 Å². The first kappa shape index (κ1) is 18.3. The fraction of sp³-hybridized carbons (Fsp3) is 0.421. The number of sulfonamides is 1. The van der Waals surface area contributed by atoms with Crippen LogP contribution in [0.1, 0.15) is 29.7 Å². The first-order valence-electron chi connectivity index (χ1n) is 9.04. The van der Waals surface area contributed by atoms with E-state index in [4.69, 9.17) is 4.74 Å². The predicted octanol–water partition coefficient (Wildman–Crippen LogP) is 3.24. The van der Waals surface area contributed by atoms with Crippen molar-refractivity contribution in [3.63, 3.8) is 0 Å². The number of nitrogens with one attached hydrogen (secondary N) is 1. The molecule has 4 rings (SSSR count). The Morgan fingerprint density at radius 2 is 2.07 bits per heavy atom. The molecule has 1 fully saturated rings. The Labute approximate surface area is 163 Å². The summed E-state index contributed by atoms with van der Waals surface area (Å²) in [6, 6.07) is 8.63. The number of carbonyl (C=O) groups is 1. The number of rotatable bonds is 5. The SMILES string of the molecule is COc1ccccc1NS(=O)(=O)c1cc2c(s1)CCN(C(=O)C1CCC1)C2. The molecule has 6 nitrogen and oxygen atoms in total. The smallest absolute Gasteiger partial charge is 0.271 e. The fourth-order valence-electron chi connectivity index (χ4n) is 3.46. The topological polar surface area (TPSA) is 75.7 Å². The summed E-state index contributed by atoms with van der Waals surface area (Å²) in [6.07, 6.45) is 3.80. The Morgan fingerprint density at radius 3 is 2.78 bits per heavy atom. The Morgan fingerprint density at radius 1 is 1.30 bits per heavy atom. The maximum absolute atomic E-state index is 12.8. The van der Waals surface area contributed by atoms with Crippen molar-refractivity contribution in [3.05, 3.63) is 40.8 Å². The van der Waals surface area contributed by atoms with Crippen molar-refractivity contribution in [2.24, 2.45) is 5.92 Å². The normalized spacial score (nSPS) is 17.1. The zero-order valence-corrected chi connectivity index (χ0v) is 16.7. The van der Waals surface area contributed by atoms with Crippen molar-refractivity contribution < 1.29 is 17.9 Å². The Balaban J connectivity index is 1.54. The van der Waals surface area contributed by atoms with Gasteiger partial charge in [0, 0.05) is 23.9 Å². The lowest BCUT2D eigenvalue weighted by atomic mass is 9.84. The van der Waals surface area contributed by atoms with Gasteiger partial charge in [-0.2, -0.15) is 0 Å². The van der Waals surface area contributed by atoms with E-state index < -0.39 is 10.0 Å². The minimum Gasteiger partial charge on any atom is -0.495 e. The fourth-order valence-corrected chi connectivity index (χ4v) is 6.08. The molecule has 144 valence electrons. The average Bonchev–Trinajstić information content (AvgIpc) is 3.04. The van der Waals surface area contributed by atoms with Crippen LogP contribution in [0.25, 0.3) is 0 Å². The molecule has 1 aliphatic heterocycles. The molecule has 0 spiro atoms. The summed E-state index contributed by atoms with van der Waals surface area (Å²) >= 11 is 1.29. The van der Waals surface area contributed by atoms with Crippen LogP contribution >= 0.6 is 11.3 Å². The van der Waals surface area contributed by atoms with Crippen molar-refractivity contribution in [1.29, 1.82) is 0 Å². The Hall–Kier alpha value is -2.06. The van der Waals surface area contributed by atoms with Crippen molar-refractivity contribution in [1.82, 2.24) is 4.90 Å². The highest BCUT2D eigenvalue weighted by Crippen LogP contribution is 2.35. The molecule has 8 heteroatoms. The molecule has 1 aliphatic carbocycles. The van der Waals surface area contributed by atoms with E-state index >= 15 is 0 Å². The third kappa shape index (κ3) is 3.55. The number of hydrogen-bond acceptors (Lipinski definition) is 5. The first-order valence-corrected chi connectivity index (χ1v) is 11.3. The maximum Gasteiger partial charge on any atom is 0.271 e. The number of nitrogens with zero attached hydrogens (tertiary/aromatic N) is 1. The largest absolute Gasteiger partial charge is 0.495 e. The van der Waals surface area contributed by atoms with Gasteiger partial charge in [0.2, 0.25) is 5.91 Å². The molecule has 0 radical (unpaired) electrons. The van der Waals surface area contributed by atoms with Gasteiger partial charge in [0.1, 0.15) is 9.96 Å². The summed E-state index contributed by atoms with van der Waals surface area (Å²) in [6.45, 7) is 1.17. The van der Waals surface area contributed by atoms with E-state index in [-0.39, 0.29) is 16.0 Å². The lowest BCUT2D eigenvalue weighted by Gasteiger charge is -2.33. The molecule has 0 saturated heterocycles. The number of thiophene rings is 1. The zero-order valence-electron chi connectivity index (χ0n) is 15.1. The predicted molar refractivity (Wildman–Crippen MR) is 105 cm³/mol. The van der Waals surface area contributed by atoms with Gasteiger partial charge in [0.25, 0.3) is 10.0 Å². The highest BCUT2D eigenvalue weighted by Gasteiger charge is 2.32. The average molecular weight is 407 g/mol. The molecule has 2 aromatic rings. The van der Waals surface area contributed by atoms with Gasteiger partial charge in [-0.3, -0.25) is 9.52 Å². The van der Waals surface area contributed by atoms with E-state index in [9.17, 15) is 13.2 Å². The Kier molecular flexibility index (Phi) is 4.86. The second kappa shape index (κ2) is 7.16. The van der Waals surface area contributed by atoms with Gasteiger partial charge < -0.3 is 9.64 Å². The quantitative estimate of drug-likeness (QED) is 0.827. The number of amides is 1. The molecule has 1 aromatic carbocycles. The van der Waals surface area contributed by atoms with Crippen molar-refractivity contribution in [3.8, 4) is 5.75 Å². The van der Waals surface area contributed by atoms with E-state index in [0.717, 1.165) is 29.7 Å². The summed E-state index contributed by atoms with van der Waals surface area (Å²) in [7, 11) is -2.20. The number of para-hydroxylation sites is 2. The molecule has 0 atom stereocenters. The molecule has 1 N–H and O–H groups in total. The molecule has 1 amide bonds. The van der Waals surface area contributed by atoms with Crippen LogP contribution in [0.4, 0.5) is 5.69 Å². The molecule has 27 heavy (non-hydrogen) atoms. The molecule has 0 unspecified atom stereocenters. The van der Waals surface area contributed by atoms with Crippen molar-refractivity contribution >= 4 is 33.0 Å². The number of hydrogen-bond donors (Lipinski definition) is 1. The van der Waals surface area contributed by atoms with E-state index in [0.29, 0.717) is 30.9 Å². The maximum atomic E-state index is 12.8. The number of fused-ring (bicyclic) bond motifs is 1.